The minimum absolute atomic E-state index is 0.0318. The molecular formula is C19H25FO2. The molecule has 0 N–H and O–H groups in total. The van der Waals surface area contributed by atoms with Crippen LogP contribution in [0.5, 0.6) is 0 Å². The molecule has 0 atom stereocenters. The Morgan fingerprint density at radius 1 is 1.00 bits per heavy atom. The number of halogens is 1. The predicted molar refractivity (Wildman–Crippen MR) is 85.1 cm³/mol. The molecule has 2 aliphatic rings. The summed E-state index contributed by atoms with van der Waals surface area (Å²) in [7, 11) is 0. The van der Waals surface area contributed by atoms with Gasteiger partial charge in [0.1, 0.15) is 5.82 Å². The number of hydrogen-bond donors (Lipinski definition) is 0. The maximum Gasteiger partial charge on any atom is 0.160 e. The highest BCUT2D eigenvalue weighted by atomic mass is 19.1. The highest BCUT2D eigenvalue weighted by molar-refractivity contribution is 5.20. The van der Waals surface area contributed by atoms with Crippen molar-refractivity contribution in [3.63, 3.8) is 0 Å². The molecule has 2 nitrogen and oxygen atoms in total. The molecule has 0 amide bonds. The smallest absolute Gasteiger partial charge is 0.160 e. The van der Waals surface area contributed by atoms with E-state index in [-0.39, 0.29) is 12.1 Å². The Morgan fingerprint density at radius 2 is 1.64 bits per heavy atom. The lowest BCUT2D eigenvalue weighted by Gasteiger charge is -2.37. The molecule has 3 heteroatoms. The van der Waals surface area contributed by atoms with Gasteiger partial charge in [0, 0.05) is 11.8 Å². The van der Waals surface area contributed by atoms with Crippen molar-refractivity contribution in [1.82, 2.24) is 0 Å². The first-order valence-electron chi connectivity index (χ1n) is 8.37. The molecular weight excluding hydrogens is 279 g/mol. The van der Waals surface area contributed by atoms with Gasteiger partial charge in [-0.1, -0.05) is 24.3 Å². The van der Waals surface area contributed by atoms with E-state index in [1.54, 1.807) is 12.1 Å². The highest BCUT2D eigenvalue weighted by Crippen LogP contribution is 2.38. The minimum atomic E-state index is -0.155. The molecule has 0 radical (unpaired) electrons. The van der Waals surface area contributed by atoms with Crippen LogP contribution in [-0.4, -0.2) is 19.5 Å². The van der Waals surface area contributed by atoms with Crippen LogP contribution in [-0.2, 0) is 9.47 Å². The third kappa shape index (κ3) is 3.76. The summed E-state index contributed by atoms with van der Waals surface area (Å²) >= 11 is 0. The Labute approximate surface area is 132 Å². The van der Waals surface area contributed by atoms with Gasteiger partial charge in [0.05, 0.1) is 13.2 Å². The van der Waals surface area contributed by atoms with Crippen LogP contribution in [0, 0.1) is 17.7 Å². The quantitative estimate of drug-likeness (QED) is 0.756. The monoisotopic (exact) mass is 304 g/mol. The van der Waals surface area contributed by atoms with E-state index >= 15 is 0 Å². The molecule has 0 spiro atoms. The largest absolute Gasteiger partial charge is 0.352 e. The molecule has 1 aliphatic heterocycles. The Hall–Kier alpha value is -1.19. The fourth-order valence-corrected chi connectivity index (χ4v) is 3.65. The predicted octanol–water partition coefficient (Wildman–Crippen LogP) is 4.66. The maximum absolute atomic E-state index is 13.0. The summed E-state index contributed by atoms with van der Waals surface area (Å²) in [5.41, 5.74) is 1.26. The van der Waals surface area contributed by atoms with Gasteiger partial charge in [0.25, 0.3) is 0 Å². The Kier molecular flexibility index (Phi) is 5.27. The summed E-state index contributed by atoms with van der Waals surface area (Å²) in [5.74, 6) is 1.30. The third-order valence-corrected chi connectivity index (χ3v) is 4.91. The van der Waals surface area contributed by atoms with Crippen LogP contribution in [0.4, 0.5) is 4.39 Å². The fourth-order valence-electron chi connectivity index (χ4n) is 3.65. The van der Waals surface area contributed by atoms with E-state index < -0.39 is 0 Å². The van der Waals surface area contributed by atoms with E-state index in [0.717, 1.165) is 38.9 Å². The van der Waals surface area contributed by atoms with Crippen molar-refractivity contribution in [3.8, 4) is 0 Å². The van der Waals surface area contributed by atoms with E-state index in [4.69, 9.17) is 9.47 Å². The Bertz CT molecular complexity index is 481. The zero-order valence-corrected chi connectivity index (χ0v) is 13.2. The molecule has 0 aromatic heterocycles. The molecule has 1 aliphatic carbocycles. The van der Waals surface area contributed by atoms with E-state index in [0.29, 0.717) is 17.8 Å². The highest BCUT2D eigenvalue weighted by Gasteiger charge is 2.32. The number of hydrogen-bond acceptors (Lipinski definition) is 2. The Morgan fingerprint density at radius 3 is 2.23 bits per heavy atom. The number of benzene rings is 1. The van der Waals surface area contributed by atoms with Crippen molar-refractivity contribution in [2.75, 3.05) is 13.2 Å². The number of rotatable bonds is 3. The molecule has 1 aromatic rings. The summed E-state index contributed by atoms with van der Waals surface area (Å²) in [6, 6.07) is 6.98. The molecule has 0 bridgehead atoms. The molecule has 1 saturated carbocycles. The third-order valence-electron chi connectivity index (χ3n) is 4.91. The van der Waals surface area contributed by atoms with Crippen LogP contribution in [0.2, 0.25) is 0 Å². The van der Waals surface area contributed by atoms with E-state index in [9.17, 15) is 4.39 Å². The summed E-state index contributed by atoms with van der Waals surface area (Å²) in [6.45, 7) is 3.57. The summed E-state index contributed by atoms with van der Waals surface area (Å²) in [6.07, 6.45) is 8.71. The molecule has 2 fully saturated rings. The first-order chi connectivity index (χ1) is 10.8. The van der Waals surface area contributed by atoms with Gasteiger partial charge in [-0.15, -0.1) is 0 Å². The van der Waals surface area contributed by atoms with Crippen molar-refractivity contribution in [2.24, 2.45) is 11.8 Å². The summed E-state index contributed by atoms with van der Waals surface area (Å²) in [5, 5.41) is 0. The molecule has 1 aromatic carbocycles. The van der Waals surface area contributed by atoms with Crippen LogP contribution in [0.3, 0.4) is 0 Å². The van der Waals surface area contributed by atoms with Crippen LogP contribution in [0.15, 0.2) is 36.4 Å². The zero-order chi connectivity index (χ0) is 15.4. The molecule has 0 unspecified atom stereocenters. The first kappa shape index (κ1) is 15.7. The number of allylic oxidation sites excluding steroid dienone is 1. The van der Waals surface area contributed by atoms with Gasteiger partial charge < -0.3 is 9.47 Å². The van der Waals surface area contributed by atoms with Gasteiger partial charge in [-0.25, -0.2) is 4.39 Å². The van der Waals surface area contributed by atoms with Crippen LogP contribution in [0.1, 0.15) is 44.1 Å². The average Bonchev–Trinajstić information content (AvgIpc) is 2.57. The number of ether oxygens (including phenoxy) is 2. The maximum atomic E-state index is 13.0. The second-order valence-electron chi connectivity index (χ2n) is 6.48. The topological polar surface area (TPSA) is 18.5 Å². The molecule has 3 rings (SSSR count). The van der Waals surface area contributed by atoms with Crippen molar-refractivity contribution in [2.45, 2.75) is 44.8 Å². The summed E-state index contributed by atoms with van der Waals surface area (Å²) < 4.78 is 24.8. The van der Waals surface area contributed by atoms with Crippen molar-refractivity contribution >= 4 is 0 Å². The van der Waals surface area contributed by atoms with Crippen molar-refractivity contribution < 1.29 is 13.9 Å². The van der Waals surface area contributed by atoms with Crippen molar-refractivity contribution in [1.29, 1.82) is 0 Å². The zero-order valence-electron chi connectivity index (χ0n) is 13.2. The fraction of sp³-hybridized carbons (Fsp3) is 0.579. The standard InChI is InChI=1S/C19H25FO2/c1-2-3-14-12-21-19(22-13-14)17-6-4-15(5-7-17)16-8-10-18(20)11-9-16/h2-3,8-11,14-15,17,19H,4-7,12-13H2,1H3/b3-2+/t14-,15-,17-,19-. The van der Waals surface area contributed by atoms with Gasteiger partial charge in [0.2, 0.25) is 0 Å². The lowest BCUT2D eigenvalue weighted by atomic mass is 9.78. The first-order valence-corrected chi connectivity index (χ1v) is 8.37. The van der Waals surface area contributed by atoms with Gasteiger partial charge in [-0.2, -0.15) is 0 Å². The lowest BCUT2D eigenvalue weighted by molar-refractivity contribution is -0.222. The lowest BCUT2D eigenvalue weighted by Crippen LogP contribution is -2.37. The van der Waals surface area contributed by atoms with Gasteiger partial charge >= 0.3 is 0 Å². The van der Waals surface area contributed by atoms with E-state index in [1.807, 2.05) is 19.1 Å². The van der Waals surface area contributed by atoms with E-state index in [2.05, 4.69) is 12.2 Å². The normalized spacial score (nSPS) is 33.2. The van der Waals surface area contributed by atoms with Gasteiger partial charge in [-0.05, 0) is 56.2 Å². The molecule has 22 heavy (non-hydrogen) atoms. The molecule has 120 valence electrons. The Balaban J connectivity index is 1.49. The molecule has 1 heterocycles. The van der Waals surface area contributed by atoms with E-state index in [1.165, 1.54) is 5.56 Å². The summed E-state index contributed by atoms with van der Waals surface area (Å²) in [4.78, 5) is 0. The van der Waals surface area contributed by atoms with Crippen LogP contribution in [0.25, 0.3) is 0 Å². The average molecular weight is 304 g/mol. The van der Waals surface area contributed by atoms with Crippen molar-refractivity contribution in [3.05, 3.63) is 47.8 Å². The second-order valence-corrected chi connectivity index (χ2v) is 6.48. The van der Waals surface area contributed by atoms with Crippen LogP contribution < -0.4 is 0 Å². The second kappa shape index (κ2) is 7.38. The van der Waals surface area contributed by atoms with Gasteiger partial charge in [-0.3, -0.25) is 0 Å². The van der Waals surface area contributed by atoms with Gasteiger partial charge in [0.15, 0.2) is 6.29 Å². The molecule has 1 saturated heterocycles. The minimum Gasteiger partial charge on any atom is -0.352 e. The SMILES string of the molecule is C/C=C/[C@H]1CO[C@H]([C@H]2CC[C@H](c3ccc(F)cc3)CC2)OC1. The van der Waals surface area contributed by atoms with Crippen LogP contribution >= 0.6 is 0 Å².